The van der Waals surface area contributed by atoms with Crippen molar-refractivity contribution in [1.82, 2.24) is 9.97 Å². The Morgan fingerprint density at radius 3 is 2.18 bits per heavy atom. The maximum absolute atomic E-state index is 12.8. The number of nitrogens with zero attached hydrogens (tertiary/aromatic N) is 2. The number of aromatic nitrogens is 2. The number of rotatable bonds is 5. The molecule has 33 heavy (non-hydrogen) atoms. The molecule has 0 aliphatic carbocycles. The molecular formula is C27H26N4O2. The van der Waals surface area contributed by atoms with Crippen molar-refractivity contribution in [2.24, 2.45) is 0 Å². The average Bonchev–Trinajstić information content (AvgIpc) is 2.80. The maximum Gasteiger partial charge on any atom is 0.323 e. The molecule has 4 rings (SSSR count). The van der Waals surface area contributed by atoms with E-state index in [9.17, 15) is 4.79 Å². The predicted octanol–water partition coefficient (Wildman–Crippen LogP) is 6.88. The largest absolute Gasteiger partial charge is 0.457 e. The number of nitrogens with one attached hydrogen (secondary N) is 2. The molecule has 166 valence electrons. The third kappa shape index (κ3) is 5.74. The fourth-order valence-corrected chi connectivity index (χ4v) is 3.20. The van der Waals surface area contributed by atoms with Crippen molar-refractivity contribution in [1.29, 1.82) is 0 Å². The van der Waals surface area contributed by atoms with E-state index in [4.69, 9.17) is 9.72 Å². The molecule has 2 amide bonds. The van der Waals surface area contributed by atoms with E-state index in [0.29, 0.717) is 28.6 Å². The number of para-hydroxylation sites is 1. The number of anilines is 2. The van der Waals surface area contributed by atoms with Gasteiger partial charge < -0.3 is 15.4 Å². The van der Waals surface area contributed by atoms with E-state index in [1.807, 2.05) is 72.8 Å². The third-order valence-electron chi connectivity index (χ3n) is 4.83. The molecule has 0 saturated carbocycles. The van der Waals surface area contributed by atoms with Gasteiger partial charge in [0.1, 0.15) is 17.3 Å². The van der Waals surface area contributed by atoms with Crippen LogP contribution in [0, 0.1) is 0 Å². The van der Waals surface area contributed by atoms with E-state index in [0.717, 1.165) is 11.3 Å². The number of carbonyl (C=O) groups excluding carboxylic acids is 1. The Bertz CT molecular complexity index is 1240. The van der Waals surface area contributed by atoms with Crippen LogP contribution in [0.4, 0.5) is 16.2 Å². The molecule has 0 aliphatic rings. The van der Waals surface area contributed by atoms with Gasteiger partial charge in [-0.2, -0.15) is 0 Å². The lowest BCUT2D eigenvalue weighted by Crippen LogP contribution is -2.22. The van der Waals surface area contributed by atoms with Gasteiger partial charge in [0, 0.05) is 22.7 Å². The number of hydrogen-bond acceptors (Lipinski definition) is 4. The van der Waals surface area contributed by atoms with E-state index in [2.05, 4.69) is 36.4 Å². The van der Waals surface area contributed by atoms with Crippen molar-refractivity contribution >= 4 is 17.4 Å². The van der Waals surface area contributed by atoms with Crippen LogP contribution < -0.4 is 15.4 Å². The smallest absolute Gasteiger partial charge is 0.323 e. The van der Waals surface area contributed by atoms with Crippen LogP contribution in [-0.4, -0.2) is 16.0 Å². The summed E-state index contributed by atoms with van der Waals surface area (Å²) in [6.07, 6.45) is 1.66. The monoisotopic (exact) mass is 438 g/mol. The molecule has 2 N–H and O–H groups in total. The molecule has 1 heterocycles. The zero-order valence-electron chi connectivity index (χ0n) is 18.9. The lowest BCUT2D eigenvalue weighted by atomic mass is 9.95. The van der Waals surface area contributed by atoms with E-state index >= 15 is 0 Å². The highest BCUT2D eigenvalue weighted by atomic mass is 16.5. The topological polar surface area (TPSA) is 76.1 Å². The minimum Gasteiger partial charge on any atom is -0.457 e. The first-order valence-corrected chi connectivity index (χ1v) is 10.7. The van der Waals surface area contributed by atoms with Crippen molar-refractivity contribution < 1.29 is 9.53 Å². The summed E-state index contributed by atoms with van der Waals surface area (Å²) < 4.78 is 5.85. The van der Waals surface area contributed by atoms with Gasteiger partial charge in [-0.05, 0) is 24.3 Å². The molecule has 0 spiro atoms. The van der Waals surface area contributed by atoms with Crippen LogP contribution in [0.1, 0.15) is 26.6 Å². The number of benzene rings is 3. The van der Waals surface area contributed by atoms with E-state index < -0.39 is 6.03 Å². The molecule has 0 fully saturated rings. The average molecular weight is 439 g/mol. The minimum atomic E-state index is -0.392. The normalized spacial score (nSPS) is 11.0. The summed E-state index contributed by atoms with van der Waals surface area (Å²) >= 11 is 0. The molecule has 0 saturated heterocycles. The first kappa shape index (κ1) is 22.0. The fraction of sp³-hybridized carbons (Fsp3) is 0.148. The van der Waals surface area contributed by atoms with Gasteiger partial charge in [0.05, 0.1) is 17.6 Å². The summed E-state index contributed by atoms with van der Waals surface area (Å²) in [4.78, 5) is 22.0. The second kappa shape index (κ2) is 9.53. The highest BCUT2D eigenvalue weighted by Gasteiger charge is 2.20. The molecule has 3 aromatic carbocycles. The standard InChI is InChI=1S/C27H26N4O2/c1-27(2,3)25-28-18-23(24(31-25)19-11-6-4-7-12-19)30-26(32)29-20-13-10-16-22(17-20)33-21-14-8-5-9-15-21/h4-18H,1-3H3,(H2,29,30,32). The Morgan fingerprint density at radius 2 is 1.48 bits per heavy atom. The highest BCUT2D eigenvalue weighted by molar-refractivity contribution is 6.01. The summed E-state index contributed by atoms with van der Waals surface area (Å²) in [7, 11) is 0. The van der Waals surface area contributed by atoms with Crippen molar-refractivity contribution in [2.75, 3.05) is 10.6 Å². The summed E-state index contributed by atoms with van der Waals surface area (Å²) in [5.74, 6) is 2.06. The molecule has 0 aliphatic heterocycles. The predicted molar refractivity (Wildman–Crippen MR) is 132 cm³/mol. The van der Waals surface area contributed by atoms with Gasteiger partial charge in [-0.3, -0.25) is 0 Å². The van der Waals surface area contributed by atoms with E-state index in [1.54, 1.807) is 18.3 Å². The summed E-state index contributed by atoms with van der Waals surface area (Å²) in [6, 6.07) is 26.1. The van der Waals surface area contributed by atoms with Crippen molar-refractivity contribution in [3.8, 4) is 22.8 Å². The lowest BCUT2D eigenvalue weighted by Gasteiger charge is -2.19. The van der Waals surface area contributed by atoms with Crippen LogP contribution >= 0.6 is 0 Å². The Kier molecular flexibility index (Phi) is 6.36. The van der Waals surface area contributed by atoms with Gasteiger partial charge in [0.25, 0.3) is 0 Å². The van der Waals surface area contributed by atoms with Gasteiger partial charge in [-0.25, -0.2) is 14.8 Å². The second-order valence-corrected chi connectivity index (χ2v) is 8.59. The fourth-order valence-electron chi connectivity index (χ4n) is 3.20. The second-order valence-electron chi connectivity index (χ2n) is 8.59. The number of amides is 2. The molecule has 1 aromatic heterocycles. The summed E-state index contributed by atoms with van der Waals surface area (Å²) in [5.41, 5.74) is 2.49. The van der Waals surface area contributed by atoms with Crippen LogP contribution in [0.3, 0.4) is 0 Å². The van der Waals surface area contributed by atoms with Crippen molar-refractivity contribution in [3.63, 3.8) is 0 Å². The molecule has 4 aromatic rings. The maximum atomic E-state index is 12.8. The molecule has 0 bridgehead atoms. The van der Waals surface area contributed by atoms with Crippen molar-refractivity contribution in [2.45, 2.75) is 26.2 Å². The lowest BCUT2D eigenvalue weighted by molar-refractivity contribution is 0.262. The van der Waals surface area contributed by atoms with E-state index in [-0.39, 0.29) is 5.41 Å². The molecule has 0 unspecified atom stereocenters. The molecular weight excluding hydrogens is 412 g/mol. The van der Waals surface area contributed by atoms with Crippen LogP contribution in [0.2, 0.25) is 0 Å². The van der Waals surface area contributed by atoms with Crippen LogP contribution in [0.25, 0.3) is 11.3 Å². The van der Waals surface area contributed by atoms with Gasteiger partial charge in [0.2, 0.25) is 0 Å². The van der Waals surface area contributed by atoms with Crippen molar-refractivity contribution in [3.05, 3.63) is 97.0 Å². The highest BCUT2D eigenvalue weighted by Crippen LogP contribution is 2.29. The van der Waals surface area contributed by atoms with Crippen LogP contribution in [-0.2, 0) is 5.41 Å². The van der Waals surface area contributed by atoms with Gasteiger partial charge in [0.15, 0.2) is 0 Å². The van der Waals surface area contributed by atoms with Gasteiger partial charge >= 0.3 is 6.03 Å². The Hall–Kier alpha value is -4.19. The molecule has 6 nitrogen and oxygen atoms in total. The zero-order valence-corrected chi connectivity index (χ0v) is 18.9. The van der Waals surface area contributed by atoms with Crippen LogP contribution in [0.5, 0.6) is 11.5 Å². The quantitative estimate of drug-likeness (QED) is 0.356. The Balaban J connectivity index is 1.53. The minimum absolute atomic E-state index is 0.219. The zero-order chi connectivity index (χ0) is 23.3. The van der Waals surface area contributed by atoms with Gasteiger partial charge in [-0.1, -0.05) is 75.4 Å². The number of carbonyl (C=O) groups is 1. The molecule has 0 radical (unpaired) electrons. The summed E-state index contributed by atoms with van der Waals surface area (Å²) in [5, 5.41) is 5.74. The number of urea groups is 1. The molecule has 0 atom stereocenters. The Labute approximate surface area is 193 Å². The van der Waals surface area contributed by atoms with Crippen LogP contribution in [0.15, 0.2) is 91.1 Å². The molecule has 6 heteroatoms. The number of hydrogen-bond donors (Lipinski definition) is 2. The summed E-state index contributed by atoms with van der Waals surface area (Å²) in [6.45, 7) is 6.17. The first-order chi connectivity index (χ1) is 15.9. The van der Waals surface area contributed by atoms with Gasteiger partial charge in [-0.15, -0.1) is 0 Å². The van der Waals surface area contributed by atoms with E-state index in [1.165, 1.54) is 0 Å². The SMILES string of the molecule is CC(C)(C)c1ncc(NC(=O)Nc2cccc(Oc3ccccc3)c2)c(-c2ccccc2)n1. The third-order valence-corrected chi connectivity index (χ3v) is 4.83. The number of ether oxygens (including phenoxy) is 1. The first-order valence-electron chi connectivity index (χ1n) is 10.7. The Morgan fingerprint density at radius 1 is 0.818 bits per heavy atom.